The first kappa shape index (κ1) is 13.0. The summed E-state index contributed by atoms with van der Waals surface area (Å²) in [4.78, 5) is 15.6. The number of rotatable bonds is 3. The zero-order valence-electron chi connectivity index (χ0n) is 10.6. The molecule has 100 valence electrons. The monoisotopic (exact) mass is 253 g/mol. The normalized spacial score (nSPS) is 24.6. The van der Waals surface area contributed by atoms with Gasteiger partial charge in [-0.1, -0.05) is 19.3 Å². The number of hydrogen-bond acceptors (Lipinski definition) is 6. The molecule has 0 amide bonds. The zero-order valence-corrected chi connectivity index (χ0v) is 10.6. The van der Waals surface area contributed by atoms with Gasteiger partial charge < -0.3 is 15.0 Å². The van der Waals surface area contributed by atoms with Crippen LogP contribution in [0.25, 0.3) is 0 Å². The fraction of sp³-hybridized carbons (Fsp3) is 0.750. The second-order valence-corrected chi connectivity index (χ2v) is 4.59. The number of hydrogen-bond donors (Lipinski definition) is 1. The fourth-order valence-corrected chi connectivity index (χ4v) is 2.31. The van der Waals surface area contributed by atoms with E-state index in [1.165, 1.54) is 6.42 Å². The fourth-order valence-electron chi connectivity index (χ4n) is 2.31. The summed E-state index contributed by atoms with van der Waals surface area (Å²) in [7, 11) is 0. The molecule has 0 bridgehead atoms. The highest BCUT2D eigenvalue weighted by molar-refractivity contribution is 5.84. The number of nitrogens with zero attached hydrogens (tertiary/aromatic N) is 2. The molecule has 1 aromatic heterocycles. The van der Waals surface area contributed by atoms with Gasteiger partial charge in [0.25, 0.3) is 5.82 Å². The maximum Gasteiger partial charge on any atom is 0.379 e. The Balaban J connectivity index is 2.10. The van der Waals surface area contributed by atoms with E-state index in [1.54, 1.807) is 6.92 Å². The molecule has 1 aromatic rings. The highest BCUT2D eigenvalue weighted by atomic mass is 16.5. The molecule has 1 aliphatic carbocycles. The lowest BCUT2D eigenvalue weighted by Crippen LogP contribution is -2.27. The summed E-state index contributed by atoms with van der Waals surface area (Å²) < 4.78 is 9.98. The van der Waals surface area contributed by atoms with Crippen LogP contribution in [0.3, 0.4) is 0 Å². The molecule has 18 heavy (non-hydrogen) atoms. The van der Waals surface area contributed by atoms with E-state index < -0.39 is 5.97 Å². The molecule has 2 N–H and O–H groups in total. The van der Waals surface area contributed by atoms with Crippen LogP contribution in [0.5, 0.6) is 0 Å². The van der Waals surface area contributed by atoms with Gasteiger partial charge in [0, 0.05) is 6.04 Å². The Bertz CT molecular complexity index is 405. The Morgan fingerprint density at radius 3 is 3.00 bits per heavy atom. The summed E-state index contributed by atoms with van der Waals surface area (Å²) in [6.07, 6.45) is 5.32. The van der Waals surface area contributed by atoms with E-state index in [-0.39, 0.29) is 17.8 Å². The van der Waals surface area contributed by atoms with E-state index in [0.29, 0.717) is 12.5 Å². The minimum absolute atomic E-state index is 0.0108. The molecule has 1 aliphatic rings. The largest absolute Gasteiger partial charge is 0.460 e. The molecule has 1 saturated carbocycles. The molecule has 2 rings (SSSR count). The van der Waals surface area contributed by atoms with E-state index in [0.717, 1.165) is 25.7 Å². The number of ether oxygens (including phenoxy) is 1. The van der Waals surface area contributed by atoms with Crippen LogP contribution in [0, 0.1) is 0 Å². The lowest BCUT2D eigenvalue weighted by atomic mass is 9.95. The van der Waals surface area contributed by atoms with Gasteiger partial charge in [-0.15, -0.1) is 0 Å². The molecular weight excluding hydrogens is 234 g/mol. The van der Waals surface area contributed by atoms with Crippen LogP contribution in [0.15, 0.2) is 4.52 Å². The van der Waals surface area contributed by atoms with Crippen molar-refractivity contribution in [2.24, 2.45) is 5.73 Å². The first-order chi connectivity index (χ1) is 8.72. The van der Waals surface area contributed by atoms with Crippen molar-refractivity contribution in [1.29, 1.82) is 0 Å². The van der Waals surface area contributed by atoms with E-state index in [1.807, 2.05) is 0 Å². The van der Waals surface area contributed by atoms with Crippen molar-refractivity contribution in [2.75, 3.05) is 6.61 Å². The summed E-state index contributed by atoms with van der Waals surface area (Å²) in [6.45, 7) is 2.03. The number of nitrogens with two attached hydrogens (primary N) is 1. The molecule has 6 heteroatoms. The maximum atomic E-state index is 11.5. The van der Waals surface area contributed by atoms with Gasteiger partial charge in [0.1, 0.15) is 0 Å². The Hall–Kier alpha value is -1.43. The molecule has 2 atom stereocenters. The predicted octanol–water partition coefficient (Wildman–Crippen LogP) is 1.62. The summed E-state index contributed by atoms with van der Waals surface area (Å²) >= 11 is 0. The Kier molecular flexibility index (Phi) is 4.30. The van der Waals surface area contributed by atoms with Crippen molar-refractivity contribution in [3.63, 3.8) is 0 Å². The van der Waals surface area contributed by atoms with Gasteiger partial charge in [-0.25, -0.2) is 4.79 Å². The van der Waals surface area contributed by atoms with Gasteiger partial charge in [-0.3, -0.25) is 0 Å². The number of esters is 1. The maximum absolute atomic E-state index is 11.5. The van der Waals surface area contributed by atoms with Crippen molar-refractivity contribution >= 4 is 5.97 Å². The van der Waals surface area contributed by atoms with Gasteiger partial charge >= 0.3 is 5.97 Å². The van der Waals surface area contributed by atoms with Crippen molar-refractivity contribution in [3.8, 4) is 0 Å². The van der Waals surface area contributed by atoms with Gasteiger partial charge in [0.05, 0.1) is 12.5 Å². The predicted molar refractivity (Wildman–Crippen MR) is 64.1 cm³/mol. The van der Waals surface area contributed by atoms with Gasteiger partial charge in [-0.05, 0) is 24.9 Å². The topological polar surface area (TPSA) is 91.2 Å². The van der Waals surface area contributed by atoms with Crippen molar-refractivity contribution < 1.29 is 14.1 Å². The average molecular weight is 253 g/mol. The molecule has 1 heterocycles. The molecule has 0 aliphatic heterocycles. The second-order valence-electron chi connectivity index (χ2n) is 4.59. The molecular formula is C12H19N3O3. The highest BCUT2D eigenvalue weighted by Gasteiger charge is 2.28. The SMILES string of the molecule is CCOC(=O)c1noc(C2CCCCCC2N)n1. The molecule has 1 fully saturated rings. The van der Waals surface area contributed by atoms with Crippen LogP contribution < -0.4 is 5.73 Å². The molecule has 0 aromatic carbocycles. The third-order valence-electron chi connectivity index (χ3n) is 3.29. The van der Waals surface area contributed by atoms with E-state index >= 15 is 0 Å². The summed E-state index contributed by atoms with van der Waals surface area (Å²) in [6, 6.07) is 0.0306. The van der Waals surface area contributed by atoms with E-state index in [4.69, 9.17) is 15.0 Å². The molecule has 2 unspecified atom stereocenters. The Morgan fingerprint density at radius 1 is 1.44 bits per heavy atom. The molecule has 0 saturated heterocycles. The second kappa shape index (κ2) is 5.95. The minimum Gasteiger partial charge on any atom is -0.460 e. The van der Waals surface area contributed by atoms with Crippen LogP contribution in [0.2, 0.25) is 0 Å². The smallest absolute Gasteiger partial charge is 0.379 e. The van der Waals surface area contributed by atoms with Crippen LogP contribution in [-0.2, 0) is 4.74 Å². The van der Waals surface area contributed by atoms with Crippen molar-refractivity contribution in [1.82, 2.24) is 10.1 Å². The summed E-state index contributed by atoms with van der Waals surface area (Å²) in [5, 5.41) is 3.66. The van der Waals surface area contributed by atoms with Gasteiger partial charge in [0.2, 0.25) is 5.89 Å². The first-order valence-electron chi connectivity index (χ1n) is 6.48. The number of carbonyl (C=O) groups is 1. The lowest BCUT2D eigenvalue weighted by Gasteiger charge is -2.16. The third kappa shape index (κ3) is 2.87. The number of aromatic nitrogens is 2. The number of carbonyl (C=O) groups excluding carboxylic acids is 1. The van der Waals surface area contributed by atoms with Crippen LogP contribution >= 0.6 is 0 Å². The van der Waals surface area contributed by atoms with E-state index in [2.05, 4.69) is 10.1 Å². The lowest BCUT2D eigenvalue weighted by molar-refractivity contribution is 0.0508. The zero-order chi connectivity index (χ0) is 13.0. The van der Waals surface area contributed by atoms with Crippen LogP contribution in [0.1, 0.15) is 61.5 Å². The minimum atomic E-state index is -0.547. The third-order valence-corrected chi connectivity index (χ3v) is 3.29. The van der Waals surface area contributed by atoms with Crippen LogP contribution in [-0.4, -0.2) is 28.8 Å². The molecule has 0 spiro atoms. The van der Waals surface area contributed by atoms with E-state index in [9.17, 15) is 4.79 Å². The summed E-state index contributed by atoms with van der Waals surface area (Å²) in [5.41, 5.74) is 6.11. The Labute approximate surface area is 106 Å². The Morgan fingerprint density at radius 2 is 2.22 bits per heavy atom. The van der Waals surface area contributed by atoms with Crippen molar-refractivity contribution in [2.45, 2.75) is 51.0 Å². The van der Waals surface area contributed by atoms with Gasteiger partial charge in [-0.2, -0.15) is 4.98 Å². The quantitative estimate of drug-likeness (QED) is 0.650. The average Bonchev–Trinajstić information content (AvgIpc) is 2.74. The first-order valence-corrected chi connectivity index (χ1v) is 6.48. The summed E-state index contributed by atoms with van der Waals surface area (Å²) in [5.74, 6) is -0.0337. The highest BCUT2D eigenvalue weighted by Crippen LogP contribution is 2.29. The van der Waals surface area contributed by atoms with Gasteiger partial charge in [0.15, 0.2) is 0 Å². The van der Waals surface area contributed by atoms with Crippen molar-refractivity contribution in [3.05, 3.63) is 11.7 Å². The molecule has 0 radical (unpaired) electrons. The van der Waals surface area contributed by atoms with Crippen LogP contribution in [0.4, 0.5) is 0 Å². The standard InChI is InChI=1S/C12H19N3O3/c1-2-17-12(16)10-14-11(18-15-10)8-6-4-3-5-7-9(8)13/h8-9H,2-7,13H2,1H3. The molecule has 6 nitrogen and oxygen atoms in total.